The molecular weight excluding hydrogens is 306 g/mol. The maximum atomic E-state index is 12.2. The van der Waals surface area contributed by atoms with Crippen molar-refractivity contribution in [2.75, 3.05) is 40.8 Å². The number of rotatable bonds is 8. The fourth-order valence-electron chi connectivity index (χ4n) is 2.26. The number of likely N-dealkylation sites (N-methyl/N-ethyl adjacent to an activating group) is 2. The van der Waals surface area contributed by atoms with Crippen LogP contribution in [0.4, 0.5) is 4.79 Å². The number of carbonyl (C=O) groups is 1. The second-order valence-electron chi connectivity index (χ2n) is 5.76. The summed E-state index contributed by atoms with van der Waals surface area (Å²) in [5, 5.41) is 2.93. The topological polar surface area (TPSA) is 58.0 Å². The number of furan rings is 1. The second-order valence-corrected chi connectivity index (χ2v) is 5.76. The summed E-state index contributed by atoms with van der Waals surface area (Å²) in [6.07, 6.45) is 1.64. The Kier molecular flexibility index (Phi) is 6.69. The van der Waals surface area contributed by atoms with E-state index in [9.17, 15) is 4.79 Å². The highest BCUT2D eigenvalue weighted by atomic mass is 16.5. The van der Waals surface area contributed by atoms with Crippen LogP contribution in [0.5, 0.6) is 5.75 Å². The molecule has 2 rings (SSSR count). The van der Waals surface area contributed by atoms with E-state index >= 15 is 0 Å². The van der Waals surface area contributed by atoms with Crippen molar-refractivity contribution in [3.63, 3.8) is 0 Å². The molecule has 0 aliphatic heterocycles. The first kappa shape index (κ1) is 17.9. The summed E-state index contributed by atoms with van der Waals surface area (Å²) >= 11 is 0. The van der Waals surface area contributed by atoms with Gasteiger partial charge in [0.15, 0.2) is 0 Å². The van der Waals surface area contributed by atoms with Gasteiger partial charge in [0.2, 0.25) is 0 Å². The Morgan fingerprint density at radius 3 is 2.54 bits per heavy atom. The zero-order valence-electron chi connectivity index (χ0n) is 14.4. The Morgan fingerprint density at radius 2 is 1.92 bits per heavy atom. The number of nitrogens with one attached hydrogen (secondary N) is 1. The lowest BCUT2D eigenvalue weighted by molar-refractivity contribution is 0.188. The van der Waals surface area contributed by atoms with Gasteiger partial charge in [0.1, 0.15) is 18.1 Å². The van der Waals surface area contributed by atoms with Crippen molar-refractivity contribution in [2.45, 2.75) is 6.04 Å². The van der Waals surface area contributed by atoms with Gasteiger partial charge in [0, 0.05) is 13.6 Å². The van der Waals surface area contributed by atoms with Gasteiger partial charge < -0.3 is 19.4 Å². The molecule has 1 aromatic heterocycles. The quantitative estimate of drug-likeness (QED) is 0.808. The van der Waals surface area contributed by atoms with Crippen molar-refractivity contribution >= 4 is 6.03 Å². The molecule has 1 heterocycles. The average molecular weight is 331 g/mol. The van der Waals surface area contributed by atoms with Crippen molar-refractivity contribution in [1.29, 1.82) is 0 Å². The first-order chi connectivity index (χ1) is 11.6. The molecule has 0 spiro atoms. The van der Waals surface area contributed by atoms with E-state index in [1.165, 1.54) is 0 Å². The van der Waals surface area contributed by atoms with Gasteiger partial charge in [-0.2, -0.15) is 0 Å². The third-order valence-corrected chi connectivity index (χ3v) is 3.73. The minimum atomic E-state index is -0.134. The molecule has 1 unspecified atom stereocenters. The van der Waals surface area contributed by atoms with Crippen molar-refractivity contribution in [1.82, 2.24) is 15.1 Å². The number of carbonyl (C=O) groups excluding carboxylic acids is 1. The van der Waals surface area contributed by atoms with Gasteiger partial charge in [0.05, 0.1) is 18.8 Å². The molecule has 1 aromatic carbocycles. The molecule has 2 aromatic rings. The van der Waals surface area contributed by atoms with E-state index in [-0.39, 0.29) is 12.1 Å². The van der Waals surface area contributed by atoms with E-state index in [0.717, 1.165) is 11.5 Å². The van der Waals surface area contributed by atoms with Gasteiger partial charge in [-0.05, 0) is 38.4 Å². The van der Waals surface area contributed by atoms with E-state index in [4.69, 9.17) is 9.15 Å². The van der Waals surface area contributed by atoms with Gasteiger partial charge in [-0.3, -0.25) is 4.90 Å². The lowest BCUT2D eigenvalue weighted by Gasteiger charge is -2.24. The summed E-state index contributed by atoms with van der Waals surface area (Å²) in [6.45, 7) is 1.43. The number of hydrogen-bond donors (Lipinski definition) is 1. The highest BCUT2D eigenvalue weighted by molar-refractivity contribution is 5.73. The van der Waals surface area contributed by atoms with Gasteiger partial charge in [-0.15, -0.1) is 0 Å². The minimum absolute atomic E-state index is 0.00193. The molecule has 0 radical (unpaired) electrons. The highest BCUT2D eigenvalue weighted by Crippen LogP contribution is 2.17. The lowest BCUT2D eigenvalue weighted by Crippen LogP contribution is -2.42. The number of para-hydroxylation sites is 1. The number of amides is 2. The normalized spacial score (nSPS) is 12.0. The van der Waals surface area contributed by atoms with Gasteiger partial charge in [-0.25, -0.2) is 4.79 Å². The fourth-order valence-corrected chi connectivity index (χ4v) is 2.26. The van der Waals surface area contributed by atoms with Crippen LogP contribution in [0.2, 0.25) is 0 Å². The summed E-state index contributed by atoms with van der Waals surface area (Å²) in [6, 6.07) is 13.2. The van der Waals surface area contributed by atoms with E-state index in [1.807, 2.05) is 61.5 Å². The smallest absolute Gasteiger partial charge is 0.317 e. The van der Waals surface area contributed by atoms with Gasteiger partial charge in [-0.1, -0.05) is 18.2 Å². The van der Waals surface area contributed by atoms with Crippen LogP contribution >= 0.6 is 0 Å². The summed E-state index contributed by atoms with van der Waals surface area (Å²) in [7, 11) is 5.66. The first-order valence-corrected chi connectivity index (χ1v) is 7.94. The molecule has 0 saturated heterocycles. The minimum Gasteiger partial charge on any atom is -0.492 e. The molecule has 2 amide bonds. The van der Waals surface area contributed by atoms with E-state index in [0.29, 0.717) is 19.7 Å². The van der Waals surface area contributed by atoms with Crippen LogP contribution in [0.15, 0.2) is 53.1 Å². The number of ether oxygens (including phenoxy) is 1. The van der Waals surface area contributed by atoms with E-state index in [2.05, 4.69) is 5.32 Å². The number of benzene rings is 1. The van der Waals surface area contributed by atoms with Crippen LogP contribution in [0, 0.1) is 0 Å². The maximum absolute atomic E-state index is 12.2. The van der Waals surface area contributed by atoms with Crippen LogP contribution in [-0.4, -0.2) is 56.7 Å². The monoisotopic (exact) mass is 331 g/mol. The molecule has 0 bridgehead atoms. The van der Waals surface area contributed by atoms with Gasteiger partial charge >= 0.3 is 6.03 Å². The standard InChI is InChI=1S/C18H25N3O3/c1-20(2)16(17-10-7-12-24-17)14-19-18(22)21(3)11-13-23-15-8-5-4-6-9-15/h4-10,12,16H,11,13-14H2,1-3H3,(H,19,22). The lowest BCUT2D eigenvalue weighted by atomic mass is 10.2. The maximum Gasteiger partial charge on any atom is 0.317 e. The molecular formula is C18H25N3O3. The summed E-state index contributed by atoms with van der Waals surface area (Å²) in [5.74, 6) is 1.63. The molecule has 1 atom stereocenters. The Hall–Kier alpha value is -2.47. The SMILES string of the molecule is CN(CCOc1ccccc1)C(=O)NCC(c1ccco1)N(C)C. The zero-order chi connectivity index (χ0) is 17.4. The second kappa shape index (κ2) is 8.98. The van der Waals surface area contributed by atoms with Crippen molar-refractivity contribution < 1.29 is 13.9 Å². The van der Waals surface area contributed by atoms with Gasteiger partial charge in [0.25, 0.3) is 0 Å². The highest BCUT2D eigenvalue weighted by Gasteiger charge is 2.18. The Morgan fingerprint density at radius 1 is 1.17 bits per heavy atom. The van der Waals surface area contributed by atoms with Crippen LogP contribution in [0.1, 0.15) is 11.8 Å². The molecule has 6 nitrogen and oxygen atoms in total. The third-order valence-electron chi connectivity index (χ3n) is 3.73. The predicted octanol–water partition coefficient (Wildman–Crippen LogP) is 2.60. The average Bonchev–Trinajstić information content (AvgIpc) is 3.09. The van der Waals surface area contributed by atoms with Crippen LogP contribution in [0.3, 0.4) is 0 Å². The summed E-state index contributed by atoms with van der Waals surface area (Å²) < 4.78 is 11.0. The summed E-state index contributed by atoms with van der Waals surface area (Å²) in [4.78, 5) is 15.8. The predicted molar refractivity (Wildman–Crippen MR) is 93.1 cm³/mol. The van der Waals surface area contributed by atoms with Crippen LogP contribution in [-0.2, 0) is 0 Å². The Balaban J connectivity index is 1.74. The summed E-state index contributed by atoms with van der Waals surface area (Å²) in [5.41, 5.74) is 0. The number of urea groups is 1. The first-order valence-electron chi connectivity index (χ1n) is 7.94. The largest absolute Gasteiger partial charge is 0.492 e. The molecule has 6 heteroatoms. The molecule has 0 aliphatic rings. The zero-order valence-corrected chi connectivity index (χ0v) is 14.4. The van der Waals surface area contributed by atoms with Crippen LogP contribution in [0.25, 0.3) is 0 Å². The molecule has 1 N–H and O–H groups in total. The van der Waals surface area contributed by atoms with E-state index in [1.54, 1.807) is 18.2 Å². The number of nitrogens with zero attached hydrogens (tertiary/aromatic N) is 2. The molecule has 130 valence electrons. The Labute approximate surface area is 143 Å². The van der Waals surface area contributed by atoms with E-state index < -0.39 is 0 Å². The molecule has 0 aliphatic carbocycles. The van der Waals surface area contributed by atoms with Crippen molar-refractivity contribution in [3.05, 3.63) is 54.5 Å². The van der Waals surface area contributed by atoms with Crippen LogP contribution < -0.4 is 10.1 Å². The Bertz CT molecular complexity index is 599. The fraction of sp³-hybridized carbons (Fsp3) is 0.389. The number of hydrogen-bond acceptors (Lipinski definition) is 4. The van der Waals surface area contributed by atoms with Crippen molar-refractivity contribution in [3.8, 4) is 5.75 Å². The molecule has 24 heavy (non-hydrogen) atoms. The molecule has 0 saturated carbocycles. The van der Waals surface area contributed by atoms with Crippen molar-refractivity contribution in [2.24, 2.45) is 0 Å². The third kappa shape index (κ3) is 5.31. The molecule has 0 fully saturated rings.